The van der Waals surface area contributed by atoms with Gasteiger partial charge >= 0.3 is 0 Å². The van der Waals surface area contributed by atoms with Crippen LogP contribution in [-0.4, -0.2) is 25.6 Å². The Bertz CT molecular complexity index is 940. The first-order chi connectivity index (χ1) is 13.0. The molecule has 1 heterocycles. The van der Waals surface area contributed by atoms with Crippen molar-refractivity contribution in [3.8, 4) is 23.3 Å². The van der Waals surface area contributed by atoms with Crippen molar-refractivity contribution in [2.75, 3.05) is 13.7 Å². The zero-order valence-electron chi connectivity index (χ0n) is 15.6. The summed E-state index contributed by atoms with van der Waals surface area (Å²) < 4.78 is 16.7. The van der Waals surface area contributed by atoms with E-state index in [2.05, 4.69) is 0 Å². The first kappa shape index (κ1) is 18.5. The number of carbonyl (C=O) groups excluding carboxylic acids is 1. The number of benzene rings is 2. The van der Waals surface area contributed by atoms with Crippen LogP contribution in [0.3, 0.4) is 0 Å². The van der Waals surface area contributed by atoms with Gasteiger partial charge in [0.05, 0.1) is 13.7 Å². The average molecular weight is 363 g/mol. The van der Waals surface area contributed by atoms with E-state index in [-0.39, 0.29) is 17.5 Å². The summed E-state index contributed by atoms with van der Waals surface area (Å²) in [5.74, 6) is 1.60. The van der Waals surface area contributed by atoms with Gasteiger partial charge in [-0.05, 0) is 44.2 Å². The molecule has 0 radical (unpaired) electrons. The fraction of sp³-hybridized carbons (Fsp3) is 0.273. The standard InChI is InChI=1S/C22H21NO4/c1-4-26-20-11-16-8-14(2)27-21(16)12-17(20)9-18(13-23)22(24)15-6-5-7-19(10-15)25-3/h5-7,9-12,14H,4,8H2,1-3H3/b18-9-. The second kappa shape index (κ2) is 7.96. The summed E-state index contributed by atoms with van der Waals surface area (Å²) in [6, 6.07) is 12.5. The van der Waals surface area contributed by atoms with E-state index in [9.17, 15) is 10.1 Å². The summed E-state index contributed by atoms with van der Waals surface area (Å²) >= 11 is 0. The van der Waals surface area contributed by atoms with E-state index in [1.165, 1.54) is 7.11 Å². The molecule has 5 nitrogen and oxygen atoms in total. The van der Waals surface area contributed by atoms with E-state index in [0.717, 1.165) is 17.7 Å². The average Bonchev–Trinajstić information content (AvgIpc) is 3.04. The fourth-order valence-electron chi connectivity index (χ4n) is 3.07. The summed E-state index contributed by atoms with van der Waals surface area (Å²) in [5, 5.41) is 9.56. The molecule has 2 aromatic carbocycles. The lowest BCUT2D eigenvalue weighted by Gasteiger charge is -2.10. The van der Waals surface area contributed by atoms with Gasteiger partial charge in [-0.1, -0.05) is 12.1 Å². The van der Waals surface area contributed by atoms with Gasteiger partial charge in [0.25, 0.3) is 0 Å². The highest BCUT2D eigenvalue weighted by molar-refractivity contribution is 6.14. The number of nitriles is 1. The Morgan fingerprint density at radius 1 is 1.37 bits per heavy atom. The molecule has 0 aliphatic carbocycles. The highest BCUT2D eigenvalue weighted by atomic mass is 16.5. The van der Waals surface area contributed by atoms with E-state index in [4.69, 9.17) is 14.2 Å². The van der Waals surface area contributed by atoms with Crippen LogP contribution in [0.1, 0.15) is 35.3 Å². The molecule has 3 rings (SSSR count). The number of hydrogen-bond acceptors (Lipinski definition) is 5. The number of ketones is 1. The highest BCUT2D eigenvalue weighted by Crippen LogP contribution is 2.36. The van der Waals surface area contributed by atoms with Crippen LogP contribution in [0, 0.1) is 11.3 Å². The zero-order valence-corrected chi connectivity index (χ0v) is 15.6. The van der Waals surface area contributed by atoms with Crippen molar-refractivity contribution in [1.82, 2.24) is 0 Å². The Hall–Kier alpha value is -3.26. The summed E-state index contributed by atoms with van der Waals surface area (Å²) in [6.07, 6.45) is 2.47. The smallest absolute Gasteiger partial charge is 0.203 e. The molecule has 5 heteroatoms. The van der Waals surface area contributed by atoms with Crippen LogP contribution >= 0.6 is 0 Å². The predicted molar refractivity (Wildman–Crippen MR) is 102 cm³/mol. The van der Waals surface area contributed by atoms with Crippen LogP contribution in [-0.2, 0) is 6.42 Å². The largest absolute Gasteiger partial charge is 0.497 e. The van der Waals surface area contributed by atoms with E-state index in [1.807, 2.05) is 32.0 Å². The molecule has 138 valence electrons. The molecule has 0 fully saturated rings. The number of methoxy groups -OCH3 is 1. The number of carbonyl (C=O) groups is 1. The second-order valence-corrected chi connectivity index (χ2v) is 6.29. The molecule has 0 saturated heterocycles. The van der Waals surface area contributed by atoms with E-state index >= 15 is 0 Å². The Kier molecular flexibility index (Phi) is 5.46. The molecule has 0 saturated carbocycles. The number of nitrogens with zero attached hydrogens (tertiary/aromatic N) is 1. The maximum atomic E-state index is 12.8. The number of ether oxygens (including phenoxy) is 3. The number of Topliss-reactive ketones (excluding diaryl/α,β-unsaturated/α-hetero) is 1. The van der Waals surface area contributed by atoms with Crippen molar-refractivity contribution in [3.05, 3.63) is 58.7 Å². The third-order valence-electron chi connectivity index (χ3n) is 4.33. The van der Waals surface area contributed by atoms with Gasteiger partial charge in [-0.3, -0.25) is 4.79 Å². The molecule has 1 unspecified atom stereocenters. The first-order valence-corrected chi connectivity index (χ1v) is 8.82. The first-order valence-electron chi connectivity index (χ1n) is 8.82. The molecule has 1 aliphatic heterocycles. The Balaban J connectivity index is 2.01. The Morgan fingerprint density at radius 3 is 2.89 bits per heavy atom. The minimum Gasteiger partial charge on any atom is -0.497 e. The normalized spacial score (nSPS) is 15.5. The minimum absolute atomic E-state index is 0.0233. The van der Waals surface area contributed by atoms with Crippen LogP contribution in [0.4, 0.5) is 0 Å². The van der Waals surface area contributed by atoms with Crippen LogP contribution < -0.4 is 14.2 Å². The number of rotatable bonds is 6. The molecule has 0 spiro atoms. The molecular formula is C22H21NO4. The minimum atomic E-state index is -0.367. The van der Waals surface area contributed by atoms with Gasteiger partial charge in [0.1, 0.15) is 35.0 Å². The van der Waals surface area contributed by atoms with Gasteiger partial charge < -0.3 is 14.2 Å². The number of allylic oxidation sites excluding steroid dienone is 1. The summed E-state index contributed by atoms with van der Waals surface area (Å²) in [4.78, 5) is 12.8. The number of hydrogen-bond donors (Lipinski definition) is 0. The summed E-state index contributed by atoms with van der Waals surface area (Å²) in [6.45, 7) is 4.39. The Labute approximate surface area is 158 Å². The van der Waals surface area contributed by atoms with Crippen molar-refractivity contribution >= 4 is 11.9 Å². The molecule has 27 heavy (non-hydrogen) atoms. The zero-order chi connectivity index (χ0) is 19.4. The molecule has 1 aliphatic rings. The maximum absolute atomic E-state index is 12.8. The van der Waals surface area contributed by atoms with Crippen molar-refractivity contribution in [3.63, 3.8) is 0 Å². The predicted octanol–water partition coefficient (Wildman–Crippen LogP) is 4.21. The molecule has 2 aromatic rings. The molecular weight excluding hydrogens is 342 g/mol. The van der Waals surface area contributed by atoms with Crippen LogP contribution in [0.5, 0.6) is 17.2 Å². The number of fused-ring (bicyclic) bond motifs is 1. The second-order valence-electron chi connectivity index (χ2n) is 6.29. The van der Waals surface area contributed by atoms with Crippen molar-refractivity contribution < 1.29 is 19.0 Å². The van der Waals surface area contributed by atoms with E-state index < -0.39 is 0 Å². The van der Waals surface area contributed by atoms with Gasteiger partial charge in [-0.15, -0.1) is 0 Å². The van der Waals surface area contributed by atoms with Crippen molar-refractivity contribution in [2.45, 2.75) is 26.4 Å². The quantitative estimate of drug-likeness (QED) is 0.437. The van der Waals surface area contributed by atoms with Crippen molar-refractivity contribution in [2.24, 2.45) is 0 Å². The Morgan fingerprint density at radius 2 is 2.19 bits per heavy atom. The monoisotopic (exact) mass is 363 g/mol. The SMILES string of the molecule is CCOc1cc2c(cc1/C=C(/C#N)C(=O)c1cccc(OC)c1)OC(C)C2. The fourth-order valence-corrected chi connectivity index (χ4v) is 3.07. The van der Waals surface area contributed by atoms with E-state index in [0.29, 0.717) is 29.2 Å². The van der Waals surface area contributed by atoms with Gasteiger partial charge in [0.15, 0.2) is 0 Å². The summed E-state index contributed by atoms with van der Waals surface area (Å²) in [7, 11) is 1.53. The lowest BCUT2D eigenvalue weighted by atomic mass is 10.00. The molecule has 0 amide bonds. The summed E-state index contributed by atoms with van der Waals surface area (Å²) in [5.41, 5.74) is 2.14. The van der Waals surface area contributed by atoms with Crippen molar-refractivity contribution in [1.29, 1.82) is 5.26 Å². The van der Waals surface area contributed by atoms with Gasteiger partial charge in [0, 0.05) is 23.1 Å². The third-order valence-corrected chi connectivity index (χ3v) is 4.33. The molecule has 0 N–H and O–H groups in total. The highest BCUT2D eigenvalue weighted by Gasteiger charge is 2.22. The van der Waals surface area contributed by atoms with Crippen LogP contribution in [0.25, 0.3) is 6.08 Å². The molecule has 1 atom stereocenters. The van der Waals surface area contributed by atoms with E-state index in [1.54, 1.807) is 30.3 Å². The topological polar surface area (TPSA) is 68.5 Å². The third kappa shape index (κ3) is 3.95. The lowest BCUT2D eigenvalue weighted by molar-refractivity contribution is 0.103. The van der Waals surface area contributed by atoms with Gasteiger partial charge in [0.2, 0.25) is 5.78 Å². The maximum Gasteiger partial charge on any atom is 0.203 e. The van der Waals surface area contributed by atoms with Gasteiger partial charge in [-0.2, -0.15) is 5.26 Å². The molecule has 0 aromatic heterocycles. The van der Waals surface area contributed by atoms with Crippen LogP contribution in [0.15, 0.2) is 42.0 Å². The van der Waals surface area contributed by atoms with Crippen LogP contribution in [0.2, 0.25) is 0 Å². The lowest BCUT2D eigenvalue weighted by Crippen LogP contribution is -2.05. The molecule has 0 bridgehead atoms. The van der Waals surface area contributed by atoms with Gasteiger partial charge in [-0.25, -0.2) is 0 Å².